The van der Waals surface area contributed by atoms with Crippen LogP contribution in [0.5, 0.6) is 0 Å². The summed E-state index contributed by atoms with van der Waals surface area (Å²) in [6, 6.07) is 5.54. The van der Waals surface area contributed by atoms with Crippen molar-refractivity contribution in [2.24, 2.45) is 0 Å². The molecule has 4 rings (SSSR count). The maximum atomic E-state index is 13.4. The highest BCUT2D eigenvalue weighted by atomic mass is 32.2. The van der Waals surface area contributed by atoms with E-state index in [-0.39, 0.29) is 17.5 Å². The molecule has 0 bridgehead atoms. The highest BCUT2D eigenvalue weighted by molar-refractivity contribution is 8.26. The lowest BCUT2D eigenvalue weighted by Gasteiger charge is -2.35. The number of carbonyl (C=O) groups is 1. The first kappa shape index (κ1) is 22.0. The van der Waals surface area contributed by atoms with Crippen molar-refractivity contribution in [3.63, 3.8) is 0 Å². The van der Waals surface area contributed by atoms with Gasteiger partial charge in [0.05, 0.1) is 10.5 Å². The van der Waals surface area contributed by atoms with Crippen molar-refractivity contribution in [1.82, 2.24) is 19.2 Å². The van der Waals surface area contributed by atoms with E-state index in [0.29, 0.717) is 26.3 Å². The van der Waals surface area contributed by atoms with Crippen molar-refractivity contribution in [3.05, 3.63) is 45.2 Å². The lowest BCUT2D eigenvalue weighted by atomic mass is 10.2. The predicted octanol–water partition coefficient (Wildman–Crippen LogP) is 2.84. The SMILES string of the molecule is CC[C@@H](C)N1C(=O)/C(=C\c2c(N3CCN(CC)CC3)nc3ccccn3c2=O)SC1=S. The monoisotopic (exact) mass is 457 g/mol. The second-order valence-corrected chi connectivity index (χ2v) is 9.49. The van der Waals surface area contributed by atoms with E-state index < -0.39 is 0 Å². The first-order chi connectivity index (χ1) is 14.9. The molecule has 0 unspecified atom stereocenters. The molecule has 0 spiro atoms. The molecular formula is C22H27N5O2S2. The fourth-order valence-corrected chi connectivity index (χ4v) is 5.35. The summed E-state index contributed by atoms with van der Waals surface area (Å²) in [5.74, 6) is 0.504. The van der Waals surface area contributed by atoms with E-state index in [9.17, 15) is 9.59 Å². The van der Waals surface area contributed by atoms with Crippen molar-refractivity contribution < 1.29 is 4.79 Å². The van der Waals surface area contributed by atoms with Gasteiger partial charge in [0.15, 0.2) is 0 Å². The summed E-state index contributed by atoms with van der Waals surface area (Å²) in [7, 11) is 0. The van der Waals surface area contributed by atoms with Gasteiger partial charge < -0.3 is 9.80 Å². The molecule has 2 aromatic rings. The van der Waals surface area contributed by atoms with Gasteiger partial charge in [-0.3, -0.25) is 18.9 Å². The minimum absolute atomic E-state index is 0.0239. The van der Waals surface area contributed by atoms with Gasteiger partial charge in [-0.15, -0.1) is 0 Å². The quantitative estimate of drug-likeness (QED) is 0.505. The molecule has 2 fully saturated rings. The van der Waals surface area contributed by atoms with Crippen LogP contribution in [-0.2, 0) is 4.79 Å². The fourth-order valence-electron chi connectivity index (χ4n) is 3.91. The molecule has 0 N–H and O–H groups in total. The molecule has 0 saturated carbocycles. The number of anilines is 1. The van der Waals surface area contributed by atoms with E-state index in [4.69, 9.17) is 17.2 Å². The maximum Gasteiger partial charge on any atom is 0.267 e. The van der Waals surface area contributed by atoms with E-state index in [1.807, 2.05) is 32.0 Å². The van der Waals surface area contributed by atoms with Crippen LogP contribution >= 0.6 is 24.0 Å². The molecule has 2 aliphatic rings. The Labute approximate surface area is 191 Å². The Morgan fingerprint density at radius 3 is 2.61 bits per heavy atom. The van der Waals surface area contributed by atoms with E-state index in [0.717, 1.165) is 39.1 Å². The molecule has 9 heteroatoms. The van der Waals surface area contributed by atoms with Gasteiger partial charge in [-0.2, -0.15) is 0 Å². The molecule has 4 heterocycles. The summed E-state index contributed by atoms with van der Waals surface area (Å²) >= 11 is 6.72. The molecule has 2 saturated heterocycles. The van der Waals surface area contributed by atoms with Crippen LogP contribution in [0.4, 0.5) is 5.82 Å². The lowest BCUT2D eigenvalue weighted by Crippen LogP contribution is -2.47. The van der Waals surface area contributed by atoms with Gasteiger partial charge in [0.2, 0.25) is 0 Å². The van der Waals surface area contributed by atoms with Gasteiger partial charge in [-0.1, -0.05) is 43.9 Å². The summed E-state index contributed by atoms with van der Waals surface area (Å²) < 4.78 is 2.07. The molecule has 1 amide bonds. The van der Waals surface area contributed by atoms with Crippen LogP contribution in [0.2, 0.25) is 0 Å². The molecule has 2 aliphatic heterocycles. The van der Waals surface area contributed by atoms with Crippen LogP contribution in [0.1, 0.15) is 32.8 Å². The molecule has 1 atom stereocenters. The largest absolute Gasteiger partial charge is 0.353 e. The van der Waals surface area contributed by atoms with Gasteiger partial charge >= 0.3 is 0 Å². The zero-order valence-corrected chi connectivity index (χ0v) is 19.7. The first-order valence-corrected chi connectivity index (χ1v) is 11.9. The number of hydrogen-bond acceptors (Lipinski definition) is 7. The lowest BCUT2D eigenvalue weighted by molar-refractivity contribution is -0.123. The number of rotatable bonds is 5. The highest BCUT2D eigenvalue weighted by Gasteiger charge is 2.35. The van der Waals surface area contributed by atoms with Crippen molar-refractivity contribution in [2.45, 2.75) is 33.2 Å². The number of pyridine rings is 1. The number of aromatic nitrogens is 2. The van der Waals surface area contributed by atoms with Gasteiger partial charge in [0.1, 0.15) is 15.8 Å². The number of piperazine rings is 1. The number of thiocarbonyl (C=S) groups is 1. The smallest absolute Gasteiger partial charge is 0.267 e. The number of amides is 1. The Kier molecular flexibility index (Phi) is 6.45. The molecular weight excluding hydrogens is 430 g/mol. The standard InChI is InChI=1S/C22H27N5O2S2/c1-4-15(3)27-21(29)17(31-22(27)30)14-16-19(25-12-10-24(5-2)11-13-25)23-18-8-6-7-9-26(18)20(16)28/h6-9,14-15H,4-5,10-13H2,1-3H3/b17-14+/t15-/m1/s1. The Balaban J connectivity index is 1.80. The minimum Gasteiger partial charge on any atom is -0.353 e. The summed E-state index contributed by atoms with van der Waals surface area (Å²) in [6.45, 7) is 10.6. The van der Waals surface area contributed by atoms with Gasteiger partial charge in [-0.25, -0.2) is 4.98 Å². The van der Waals surface area contributed by atoms with E-state index in [1.165, 1.54) is 16.2 Å². The van der Waals surface area contributed by atoms with E-state index >= 15 is 0 Å². The second kappa shape index (κ2) is 9.10. The van der Waals surface area contributed by atoms with Crippen molar-refractivity contribution in [2.75, 3.05) is 37.6 Å². The predicted molar refractivity (Wildman–Crippen MR) is 131 cm³/mol. The van der Waals surface area contributed by atoms with Crippen molar-refractivity contribution in [1.29, 1.82) is 0 Å². The van der Waals surface area contributed by atoms with Gasteiger partial charge in [-0.05, 0) is 38.1 Å². The molecule has 0 aromatic carbocycles. The fraction of sp³-hybridized carbons (Fsp3) is 0.455. The molecule has 2 aromatic heterocycles. The number of hydrogen-bond donors (Lipinski definition) is 0. The third-order valence-electron chi connectivity index (χ3n) is 6.00. The number of nitrogens with zero attached hydrogens (tertiary/aromatic N) is 5. The van der Waals surface area contributed by atoms with Crippen molar-refractivity contribution >= 4 is 51.7 Å². The average Bonchev–Trinajstić information content (AvgIpc) is 3.08. The molecule has 7 nitrogen and oxygen atoms in total. The van der Waals surface area contributed by atoms with Crippen LogP contribution in [0, 0.1) is 0 Å². The van der Waals surface area contributed by atoms with E-state index in [2.05, 4.69) is 16.7 Å². The molecule has 0 aliphatic carbocycles. The normalized spacial score (nSPS) is 20.3. The number of fused-ring (bicyclic) bond motifs is 1. The third kappa shape index (κ3) is 4.14. The van der Waals surface area contributed by atoms with Gasteiger partial charge in [0, 0.05) is 38.4 Å². The molecule has 31 heavy (non-hydrogen) atoms. The van der Waals surface area contributed by atoms with Crippen LogP contribution < -0.4 is 10.5 Å². The van der Waals surface area contributed by atoms with Crippen LogP contribution in [0.3, 0.4) is 0 Å². The summed E-state index contributed by atoms with van der Waals surface area (Å²) in [5, 5.41) is 0. The van der Waals surface area contributed by atoms with Crippen LogP contribution in [0.15, 0.2) is 34.1 Å². The minimum atomic E-state index is -0.174. The number of likely N-dealkylation sites (N-methyl/N-ethyl adjacent to an activating group) is 1. The Bertz CT molecular complexity index is 1100. The number of carbonyl (C=O) groups excluding carboxylic acids is 1. The topological polar surface area (TPSA) is 61.2 Å². The average molecular weight is 458 g/mol. The highest BCUT2D eigenvalue weighted by Crippen LogP contribution is 2.35. The van der Waals surface area contributed by atoms with Crippen LogP contribution in [-0.4, -0.2) is 68.2 Å². The van der Waals surface area contributed by atoms with Crippen LogP contribution in [0.25, 0.3) is 11.7 Å². The van der Waals surface area contributed by atoms with E-state index in [1.54, 1.807) is 17.2 Å². The first-order valence-electron chi connectivity index (χ1n) is 10.7. The Morgan fingerprint density at radius 2 is 1.94 bits per heavy atom. The number of thioether (sulfide) groups is 1. The molecule has 164 valence electrons. The second-order valence-electron chi connectivity index (χ2n) is 7.81. The molecule has 0 radical (unpaired) electrons. The summed E-state index contributed by atoms with van der Waals surface area (Å²) in [5.41, 5.74) is 0.871. The Morgan fingerprint density at radius 1 is 1.19 bits per heavy atom. The summed E-state index contributed by atoms with van der Waals surface area (Å²) in [6.07, 6.45) is 4.22. The Hall–Kier alpha value is -2.23. The zero-order chi connectivity index (χ0) is 22.1. The summed E-state index contributed by atoms with van der Waals surface area (Å²) in [4.78, 5) is 38.0. The van der Waals surface area contributed by atoms with Crippen molar-refractivity contribution in [3.8, 4) is 0 Å². The van der Waals surface area contributed by atoms with Gasteiger partial charge in [0.25, 0.3) is 11.5 Å². The maximum absolute atomic E-state index is 13.4. The zero-order valence-electron chi connectivity index (χ0n) is 18.1. The third-order valence-corrected chi connectivity index (χ3v) is 7.33.